The largest absolute Gasteiger partial charge is 0.465 e. The first-order chi connectivity index (χ1) is 15.6. The monoisotopic (exact) mass is 466 g/mol. The van der Waals surface area contributed by atoms with Crippen molar-refractivity contribution >= 4 is 29.3 Å². The summed E-state index contributed by atoms with van der Waals surface area (Å²) in [5.41, 5.74) is -1.05. The number of methoxy groups -OCH3 is 2. The first kappa shape index (κ1) is 26.6. The minimum atomic E-state index is -0.807. The van der Waals surface area contributed by atoms with Crippen LogP contribution in [0.1, 0.15) is 98.9 Å². The number of Topliss-reactive ketones (excluding diaryl/α,β-unsaturated/α-hetero) is 2. The van der Waals surface area contributed by atoms with Crippen molar-refractivity contribution in [2.45, 2.75) is 41.5 Å². The molecule has 0 spiro atoms. The summed E-state index contributed by atoms with van der Waals surface area (Å²) in [4.78, 5) is 63.8. The lowest BCUT2D eigenvalue weighted by molar-refractivity contribution is 0.0588. The van der Waals surface area contributed by atoms with Gasteiger partial charge in [0, 0.05) is 33.1 Å². The van der Waals surface area contributed by atoms with Crippen LogP contribution in [0.25, 0.3) is 0 Å². The molecule has 0 aromatic heterocycles. The SMILES string of the molecule is COC(=O)c1ccc(C(=O)c2ccc(C(=O)OC)c(C(=O)C(C)(C)C)c2)cc1C(=O)C(C)(C)C. The van der Waals surface area contributed by atoms with Gasteiger partial charge in [-0.3, -0.25) is 14.4 Å². The van der Waals surface area contributed by atoms with Crippen molar-refractivity contribution < 1.29 is 33.4 Å². The van der Waals surface area contributed by atoms with Crippen LogP contribution in [0.3, 0.4) is 0 Å². The van der Waals surface area contributed by atoms with Gasteiger partial charge in [-0.05, 0) is 24.3 Å². The fourth-order valence-corrected chi connectivity index (χ4v) is 3.30. The third kappa shape index (κ3) is 5.47. The number of esters is 2. The Bertz CT molecular complexity index is 1080. The van der Waals surface area contributed by atoms with Crippen LogP contribution in [-0.4, -0.2) is 43.5 Å². The number of hydrogen-bond acceptors (Lipinski definition) is 7. The van der Waals surface area contributed by atoms with Crippen LogP contribution in [0, 0.1) is 10.8 Å². The standard InChI is InChI=1S/C27H30O7/c1-26(2,3)22(29)19-13-15(9-11-17(19)24(31)33-7)21(28)16-10-12-18(25(32)34-8)20(14-16)23(30)27(4,5)6/h9-14H,1-8H3. The van der Waals surface area contributed by atoms with E-state index in [9.17, 15) is 24.0 Å². The van der Waals surface area contributed by atoms with Crippen LogP contribution in [0.5, 0.6) is 0 Å². The first-order valence-electron chi connectivity index (χ1n) is 10.7. The predicted molar refractivity (Wildman–Crippen MR) is 127 cm³/mol. The van der Waals surface area contributed by atoms with E-state index in [0.717, 1.165) is 0 Å². The van der Waals surface area contributed by atoms with Crippen molar-refractivity contribution in [1.29, 1.82) is 0 Å². The molecule has 0 saturated carbocycles. The highest BCUT2D eigenvalue weighted by Crippen LogP contribution is 2.28. The number of ether oxygens (including phenoxy) is 2. The van der Waals surface area contributed by atoms with Crippen LogP contribution in [0.2, 0.25) is 0 Å². The van der Waals surface area contributed by atoms with Gasteiger partial charge in [-0.1, -0.05) is 53.7 Å². The molecule has 0 saturated heterocycles. The lowest BCUT2D eigenvalue weighted by Gasteiger charge is -2.20. The molecule has 0 heterocycles. The van der Waals surface area contributed by atoms with E-state index in [1.54, 1.807) is 41.5 Å². The molecule has 180 valence electrons. The average molecular weight is 467 g/mol. The summed E-state index contributed by atoms with van der Waals surface area (Å²) in [6.45, 7) is 10.3. The van der Waals surface area contributed by atoms with Crippen molar-refractivity contribution in [2.24, 2.45) is 10.8 Å². The quantitative estimate of drug-likeness (QED) is 0.438. The topological polar surface area (TPSA) is 104 Å². The second-order valence-electron chi connectivity index (χ2n) is 9.99. The third-order valence-corrected chi connectivity index (χ3v) is 5.23. The predicted octanol–water partition coefficient (Wildman–Crippen LogP) is 4.95. The molecule has 0 radical (unpaired) electrons. The summed E-state index contributed by atoms with van der Waals surface area (Å²) >= 11 is 0. The Hall–Kier alpha value is -3.61. The molecule has 0 aliphatic rings. The van der Waals surface area contributed by atoms with E-state index in [2.05, 4.69) is 0 Å². The smallest absolute Gasteiger partial charge is 0.338 e. The number of rotatable bonds is 6. The number of carbonyl (C=O) groups excluding carboxylic acids is 5. The zero-order valence-corrected chi connectivity index (χ0v) is 20.8. The van der Waals surface area contributed by atoms with Crippen molar-refractivity contribution in [1.82, 2.24) is 0 Å². The lowest BCUT2D eigenvalue weighted by Crippen LogP contribution is -2.24. The van der Waals surface area contributed by atoms with Gasteiger partial charge in [0.1, 0.15) is 0 Å². The van der Waals surface area contributed by atoms with Crippen molar-refractivity contribution in [3.05, 3.63) is 69.8 Å². The fraction of sp³-hybridized carbons (Fsp3) is 0.370. The maximum atomic E-state index is 13.3. The molecule has 0 fully saturated rings. The molecule has 2 rings (SSSR count). The van der Waals surface area contributed by atoms with Crippen LogP contribution in [0.15, 0.2) is 36.4 Å². The lowest BCUT2D eigenvalue weighted by atomic mass is 9.82. The minimum Gasteiger partial charge on any atom is -0.465 e. The molecule has 2 aromatic rings. The molecule has 0 N–H and O–H groups in total. The summed E-state index contributed by atoms with van der Waals surface area (Å²) in [6, 6.07) is 8.33. The number of carbonyl (C=O) groups is 5. The molecule has 0 amide bonds. The Labute approximate surface area is 199 Å². The fourth-order valence-electron chi connectivity index (χ4n) is 3.30. The van der Waals surface area contributed by atoms with Gasteiger partial charge < -0.3 is 9.47 Å². The summed E-state index contributed by atoms with van der Waals surface area (Å²) in [7, 11) is 2.42. The van der Waals surface area contributed by atoms with Gasteiger partial charge in [0.25, 0.3) is 0 Å². The highest BCUT2D eigenvalue weighted by molar-refractivity contribution is 6.15. The molecular weight excluding hydrogens is 436 g/mol. The Kier molecular flexibility index (Phi) is 7.61. The van der Waals surface area contributed by atoms with Gasteiger partial charge in [0.15, 0.2) is 17.3 Å². The molecular formula is C27H30O7. The highest BCUT2D eigenvalue weighted by Gasteiger charge is 2.30. The highest BCUT2D eigenvalue weighted by atomic mass is 16.5. The Morgan fingerprint density at radius 1 is 0.559 bits per heavy atom. The van der Waals surface area contributed by atoms with Gasteiger partial charge in [0.05, 0.1) is 25.3 Å². The molecule has 0 aliphatic carbocycles. The molecule has 2 aromatic carbocycles. The molecule has 0 bridgehead atoms. The van der Waals surface area contributed by atoms with E-state index in [4.69, 9.17) is 9.47 Å². The molecule has 0 atom stereocenters. The van der Waals surface area contributed by atoms with Gasteiger partial charge >= 0.3 is 11.9 Å². The normalized spacial score (nSPS) is 11.5. The maximum absolute atomic E-state index is 13.3. The van der Waals surface area contributed by atoms with Gasteiger partial charge in [0.2, 0.25) is 0 Å². The van der Waals surface area contributed by atoms with E-state index >= 15 is 0 Å². The third-order valence-electron chi connectivity index (χ3n) is 5.23. The van der Waals surface area contributed by atoms with Crippen LogP contribution >= 0.6 is 0 Å². The van der Waals surface area contributed by atoms with E-state index in [1.165, 1.54) is 50.6 Å². The second kappa shape index (κ2) is 9.71. The molecule has 7 heteroatoms. The maximum Gasteiger partial charge on any atom is 0.338 e. The van der Waals surface area contributed by atoms with Crippen molar-refractivity contribution in [2.75, 3.05) is 14.2 Å². The molecule has 0 unspecified atom stereocenters. The summed E-state index contributed by atoms with van der Waals surface area (Å²) < 4.78 is 9.58. The van der Waals surface area contributed by atoms with E-state index in [-0.39, 0.29) is 44.9 Å². The van der Waals surface area contributed by atoms with Crippen LogP contribution in [0.4, 0.5) is 0 Å². The van der Waals surface area contributed by atoms with Crippen LogP contribution < -0.4 is 0 Å². The minimum absolute atomic E-state index is 0.0589. The molecule has 0 aliphatic heterocycles. The number of hydrogen-bond donors (Lipinski definition) is 0. The van der Waals surface area contributed by atoms with E-state index < -0.39 is 28.6 Å². The average Bonchev–Trinajstić information content (AvgIpc) is 2.79. The molecule has 34 heavy (non-hydrogen) atoms. The van der Waals surface area contributed by atoms with Gasteiger partial charge in [-0.15, -0.1) is 0 Å². The van der Waals surface area contributed by atoms with Crippen molar-refractivity contribution in [3.8, 4) is 0 Å². The Morgan fingerprint density at radius 3 is 1.15 bits per heavy atom. The summed E-state index contributed by atoms with van der Waals surface area (Å²) in [6.07, 6.45) is 0. The second-order valence-corrected chi connectivity index (χ2v) is 9.99. The van der Waals surface area contributed by atoms with E-state index in [0.29, 0.717) is 0 Å². The Morgan fingerprint density at radius 2 is 0.882 bits per heavy atom. The van der Waals surface area contributed by atoms with Gasteiger partial charge in [-0.2, -0.15) is 0 Å². The number of benzene rings is 2. The number of ketones is 3. The zero-order valence-electron chi connectivity index (χ0n) is 20.8. The summed E-state index contributed by atoms with van der Waals surface area (Å²) in [5, 5.41) is 0. The summed E-state index contributed by atoms with van der Waals surface area (Å²) in [5.74, 6) is -2.50. The van der Waals surface area contributed by atoms with Gasteiger partial charge in [-0.25, -0.2) is 9.59 Å². The molecule has 7 nitrogen and oxygen atoms in total. The van der Waals surface area contributed by atoms with Crippen LogP contribution in [-0.2, 0) is 9.47 Å². The zero-order chi connectivity index (χ0) is 26.0. The van der Waals surface area contributed by atoms with E-state index in [1.807, 2.05) is 0 Å². The first-order valence-corrected chi connectivity index (χ1v) is 10.7. The van der Waals surface area contributed by atoms with Crippen molar-refractivity contribution in [3.63, 3.8) is 0 Å². The Balaban J connectivity index is 2.67.